The molecule has 0 aliphatic rings. The van der Waals surface area contributed by atoms with Gasteiger partial charge in [-0.05, 0) is 50.5 Å². The van der Waals surface area contributed by atoms with Gasteiger partial charge in [0.2, 0.25) is 0 Å². The van der Waals surface area contributed by atoms with Gasteiger partial charge in [0.1, 0.15) is 23.3 Å². The van der Waals surface area contributed by atoms with Gasteiger partial charge in [-0.2, -0.15) is 5.26 Å². The maximum absolute atomic E-state index is 9.05. The van der Waals surface area contributed by atoms with E-state index < -0.39 is 0 Å². The Kier molecular flexibility index (Phi) is 3.71. The summed E-state index contributed by atoms with van der Waals surface area (Å²) in [5.74, 6) is 1.47. The number of nitriles is 1. The molecule has 0 unspecified atom stereocenters. The highest BCUT2D eigenvalue weighted by Crippen LogP contribution is 2.33. The molecule has 2 rings (SSSR count). The summed E-state index contributed by atoms with van der Waals surface area (Å²) in [6.07, 6.45) is 0. The number of methoxy groups -OCH3 is 1. The van der Waals surface area contributed by atoms with Crippen LogP contribution in [0.15, 0.2) is 12.1 Å². The molecule has 0 saturated carbocycles. The van der Waals surface area contributed by atoms with Crippen LogP contribution in [0.25, 0.3) is 11.3 Å². The van der Waals surface area contributed by atoms with Crippen molar-refractivity contribution in [2.75, 3.05) is 7.11 Å². The number of aromatic nitrogens is 2. The molecule has 2 aromatic rings. The quantitative estimate of drug-likeness (QED) is 0.838. The van der Waals surface area contributed by atoms with Crippen LogP contribution in [0.2, 0.25) is 0 Å². The summed E-state index contributed by atoms with van der Waals surface area (Å²) >= 11 is 0. The van der Waals surface area contributed by atoms with Gasteiger partial charge in [0.05, 0.1) is 12.8 Å². The average Bonchev–Trinajstić information content (AvgIpc) is 2.42. The van der Waals surface area contributed by atoms with Crippen LogP contribution in [0.1, 0.15) is 28.2 Å². The summed E-state index contributed by atoms with van der Waals surface area (Å²) in [6, 6.07) is 5.81. The van der Waals surface area contributed by atoms with Crippen LogP contribution in [0.5, 0.6) is 5.75 Å². The van der Waals surface area contributed by atoms with Crippen molar-refractivity contribution in [2.45, 2.75) is 27.7 Å². The van der Waals surface area contributed by atoms with E-state index in [0.717, 1.165) is 33.7 Å². The lowest BCUT2D eigenvalue weighted by molar-refractivity contribution is 0.411. The molecule has 0 amide bonds. The van der Waals surface area contributed by atoms with Crippen molar-refractivity contribution in [1.82, 2.24) is 9.97 Å². The van der Waals surface area contributed by atoms with Gasteiger partial charge in [0, 0.05) is 11.6 Å². The summed E-state index contributed by atoms with van der Waals surface area (Å²) in [5, 5.41) is 9.05. The first kappa shape index (κ1) is 14.0. The van der Waals surface area contributed by atoms with Crippen molar-refractivity contribution in [3.05, 3.63) is 40.3 Å². The van der Waals surface area contributed by atoms with Gasteiger partial charge in [-0.3, -0.25) is 0 Å². The highest BCUT2D eigenvalue weighted by atomic mass is 16.5. The Hall–Kier alpha value is -2.41. The Morgan fingerprint density at radius 1 is 1.05 bits per heavy atom. The Balaban J connectivity index is 2.74. The maximum atomic E-state index is 9.05. The minimum Gasteiger partial charge on any atom is -0.496 e. The summed E-state index contributed by atoms with van der Waals surface area (Å²) in [5.41, 5.74) is 5.50. The summed E-state index contributed by atoms with van der Waals surface area (Å²) in [6.45, 7) is 7.89. The van der Waals surface area contributed by atoms with E-state index in [9.17, 15) is 0 Å². The third-order valence-electron chi connectivity index (χ3n) is 3.48. The molecule has 1 aromatic carbocycles. The van der Waals surface area contributed by atoms with Crippen molar-refractivity contribution in [3.63, 3.8) is 0 Å². The first-order valence-electron chi connectivity index (χ1n) is 6.39. The molecule has 1 heterocycles. The SMILES string of the molecule is COc1cc(C)c(-c2cc(C#N)nc(C)n2)c(C)c1C. The summed E-state index contributed by atoms with van der Waals surface area (Å²) < 4.78 is 5.38. The molecule has 20 heavy (non-hydrogen) atoms. The number of hydrogen-bond donors (Lipinski definition) is 0. The average molecular weight is 267 g/mol. The number of hydrogen-bond acceptors (Lipinski definition) is 4. The van der Waals surface area contributed by atoms with E-state index in [-0.39, 0.29) is 0 Å². The second-order valence-corrected chi connectivity index (χ2v) is 4.82. The highest BCUT2D eigenvalue weighted by molar-refractivity contribution is 5.71. The van der Waals surface area contributed by atoms with E-state index in [1.54, 1.807) is 20.1 Å². The van der Waals surface area contributed by atoms with Crippen molar-refractivity contribution in [1.29, 1.82) is 5.26 Å². The Morgan fingerprint density at radius 2 is 1.75 bits per heavy atom. The molecule has 0 aliphatic heterocycles. The van der Waals surface area contributed by atoms with E-state index in [0.29, 0.717) is 11.5 Å². The molecule has 102 valence electrons. The second-order valence-electron chi connectivity index (χ2n) is 4.82. The molecule has 4 nitrogen and oxygen atoms in total. The molecule has 0 N–H and O–H groups in total. The van der Waals surface area contributed by atoms with E-state index in [1.807, 2.05) is 26.8 Å². The molecule has 0 radical (unpaired) electrons. The summed E-state index contributed by atoms with van der Waals surface area (Å²) in [7, 11) is 1.67. The van der Waals surface area contributed by atoms with Gasteiger partial charge in [0.25, 0.3) is 0 Å². The highest BCUT2D eigenvalue weighted by Gasteiger charge is 2.14. The smallest absolute Gasteiger partial charge is 0.144 e. The Morgan fingerprint density at radius 3 is 2.35 bits per heavy atom. The fourth-order valence-electron chi connectivity index (χ4n) is 2.40. The van der Waals surface area contributed by atoms with Crippen LogP contribution >= 0.6 is 0 Å². The topological polar surface area (TPSA) is 58.8 Å². The molecular formula is C16H17N3O. The lowest BCUT2D eigenvalue weighted by atomic mass is 9.94. The normalized spacial score (nSPS) is 10.2. The standard InChI is InChI=1S/C16H17N3O/c1-9-6-15(20-5)10(2)11(3)16(9)14-7-13(8-17)18-12(4)19-14/h6-7H,1-5H3. The van der Waals surface area contributed by atoms with Crippen LogP contribution in [0, 0.1) is 39.0 Å². The number of ether oxygens (including phenoxy) is 1. The molecule has 0 spiro atoms. The van der Waals surface area contributed by atoms with Crippen molar-refractivity contribution < 1.29 is 4.74 Å². The first-order chi connectivity index (χ1) is 9.47. The third kappa shape index (κ3) is 2.35. The van der Waals surface area contributed by atoms with Crippen molar-refractivity contribution in [3.8, 4) is 23.1 Å². The van der Waals surface area contributed by atoms with Crippen LogP contribution in [-0.4, -0.2) is 17.1 Å². The molecule has 0 bridgehead atoms. The van der Waals surface area contributed by atoms with Gasteiger partial charge < -0.3 is 4.74 Å². The lowest BCUT2D eigenvalue weighted by Gasteiger charge is -2.16. The molecule has 1 aromatic heterocycles. The van der Waals surface area contributed by atoms with Gasteiger partial charge in [-0.1, -0.05) is 0 Å². The van der Waals surface area contributed by atoms with Crippen LogP contribution in [0.3, 0.4) is 0 Å². The molecule has 0 fully saturated rings. The minimum atomic E-state index is 0.389. The Labute approximate surface area is 119 Å². The van der Waals surface area contributed by atoms with Crippen LogP contribution < -0.4 is 4.74 Å². The molecule has 0 atom stereocenters. The zero-order valence-corrected chi connectivity index (χ0v) is 12.4. The van der Waals surface area contributed by atoms with Gasteiger partial charge in [-0.15, -0.1) is 0 Å². The van der Waals surface area contributed by atoms with Gasteiger partial charge in [-0.25, -0.2) is 9.97 Å². The maximum Gasteiger partial charge on any atom is 0.144 e. The van der Waals surface area contributed by atoms with Gasteiger partial charge in [0.15, 0.2) is 0 Å². The van der Waals surface area contributed by atoms with E-state index in [1.165, 1.54) is 0 Å². The summed E-state index contributed by atoms with van der Waals surface area (Å²) in [4.78, 5) is 8.56. The van der Waals surface area contributed by atoms with Crippen molar-refractivity contribution >= 4 is 0 Å². The van der Waals surface area contributed by atoms with E-state index in [4.69, 9.17) is 10.00 Å². The monoisotopic (exact) mass is 267 g/mol. The zero-order chi connectivity index (χ0) is 14.9. The largest absolute Gasteiger partial charge is 0.496 e. The van der Waals surface area contributed by atoms with Crippen LogP contribution in [0.4, 0.5) is 0 Å². The zero-order valence-electron chi connectivity index (χ0n) is 12.4. The molecule has 0 aliphatic carbocycles. The fraction of sp³-hybridized carbons (Fsp3) is 0.312. The third-order valence-corrected chi connectivity index (χ3v) is 3.48. The fourth-order valence-corrected chi connectivity index (χ4v) is 2.40. The number of nitrogens with zero attached hydrogens (tertiary/aromatic N) is 3. The van der Waals surface area contributed by atoms with Crippen molar-refractivity contribution in [2.24, 2.45) is 0 Å². The minimum absolute atomic E-state index is 0.389. The molecular weight excluding hydrogens is 250 g/mol. The van der Waals surface area contributed by atoms with Crippen LogP contribution in [-0.2, 0) is 0 Å². The number of rotatable bonds is 2. The molecule has 0 saturated heterocycles. The van der Waals surface area contributed by atoms with E-state index in [2.05, 4.69) is 16.0 Å². The van der Waals surface area contributed by atoms with Gasteiger partial charge >= 0.3 is 0 Å². The van der Waals surface area contributed by atoms with E-state index >= 15 is 0 Å². The Bertz CT molecular complexity index is 715. The first-order valence-corrected chi connectivity index (χ1v) is 6.39. The number of aryl methyl sites for hydroxylation is 2. The predicted molar refractivity (Wildman–Crippen MR) is 77.7 cm³/mol. The lowest BCUT2D eigenvalue weighted by Crippen LogP contribution is -2.00. The molecule has 4 heteroatoms. The predicted octanol–water partition coefficient (Wildman–Crippen LogP) is 3.26. The number of benzene rings is 1. The second kappa shape index (κ2) is 5.30.